The summed E-state index contributed by atoms with van der Waals surface area (Å²) in [5, 5.41) is 22.6. The normalized spacial score (nSPS) is 19.3. The quantitative estimate of drug-likeness (QED) is 0.332. The van der Waals surface area contributed by atoms with Crippen LogP contribution in [0.15, 0.2) is 54.6 Å². The minimum Gasteiger partial charge on any atom is -0.489 e. The van der Waals surface area contributed by atoms with Crippen molar-refractivity contribution in [3.8, 4) is 5.75 Å². The van der Waals surface area contributed by atoms with Crippen LogP contribution in [0.25, 0.3) is 0 Å². The Labute approximate surface area is 168 Å². The summed E-state index contributed by atoms with van der Waals surface area (Å²) in [7, 11) is 0. The Hall–Kier alpha value is -3.39. The molecule has 0 unspecified atom stereocenters. The van der Waals surface area contributed by atoms with Gasteiger partial charge in [-0.15, -0.1) is 0 Å². The lowest BCUT2D eigenvalue weighted by Gasteiger charge is -2.18. The predicted molar refractivity (Wildman–Crippen MR) is 108 cm³/mol. The maximum Gasteiger partial charge on any atom is 0.326 e. The van der Waals surface area contributed by atoms with E-state index in [1.54, 1.807) is 24.3 Å². The first-order valence-electron chi connectivity index (χ1n) is 9.34. The minimum atomic E-state index is -1.07. The van der Waals surface area contributed by atoms with Gasteiger partial charge in [0.2, 0.25) is 5.91 Å². The van der Waals surface area contributed by atoms with Crippen LogP contribution in [0.3, 0.4) is 0 Å². The number of nitrogens with two attached hydrogens (primary N) is 1. The van der Waals surface area contributed by atoms with Crippen molar-refractivity contribution in [1.29, 1.82) is 5.41 Å². The summed E-state index contributed by atoms with van der Waals surface area (Å²) in [5.74, 6) is -0.917. The van der Waals surface area contributed by atoms with Gasteiger partial charge in [0.1, 0.15) is 23.7 Å². The monoisotopic (exact) mass is 396 g/mol. The number of carbonyl (C=O) groups is 2. The number of hydrogen-bond acceptors (Lipinski definition) is 5. The number of hydrogen-bond donors (Lipinski definition) is 5. The lowest BCUT2D eigenvalue weighted by molar-refractivity contribution is -0.142. The molecule has 0 aromatic heterocycles. The zero-order valence-corrected chi connectivity index (χ0v) is 15.8. The first-order valence-corrected chi connectivity index (χ1v) is 9.34. The smallest absolute Gasteiger partial charge is 0.326 e. The van der Waals surface area contributed by atoms with Gasteiger partial charge in [0, 0.05) is 24.9 Å². The van der Waals surface area contributed by atoms with Gasteiger partial charge in [-0.05, 0) is 17.7 Å². The maximum atomic E-state index is 12.6. The van der Waals surface area contributed by atoms with Gasteiger partial charge in [0.15, 0.2) is 0 Å². The second kappa shape index (κ2) is 9.20. The highest BCUT2D eigenvalue weighted by Gasteiger charge is 2.33. The molecule has 8 heteroatoms. The molecule has 0 bridgehead atoms. The molecule has 1 saturated heterocycles. The number of carboxylic acid groups (broad SMARTS) is 1. The molecule has 2 aromatic carbocycles. The summed E-state index contributed by atoms with van der Waals surface area (Å²) in [4.78, 5) is 24.1. The van der Waals surface area contributed by atoms with Gasteiger partial charge in [-0.25, -0.2) is 4.79 Å². The molecule has 29 heavy (non-hydrogen) atoms. The van der Waals surface area contributed by atoms with Crippen molar-refractivity contribution < 1.29 is 19.4 Å². The molecule has 2 aromatic rings. The molecule has 1 amide bonds. The summed E-state index contributed by atoms with van der Waals surface area (Å²) in [6.07, 6.45) is 0.380. The molecule has 0 radical (unpaired) electrons. The van der Waals surface area contributed by atoms with Gasteiger partial charge in [-0.2, -0.15) is 0 Å². The fraction of sp³-hybridized carbons (Fsp3) is 0.286. The van der Waals surface area contributed by atoms with E-state index in [-0.39, 0.29) is 24.3 Å². The van der Waals surface area contributed by atoms with Crippen LogP contribution in [0.5, 0.6) is 5.75 Å². The zero-order chi connectivity index (χ0) is 20.8. The molecule has 0 saturated carbocycles. The average molecular weight is 396 g/mol. The van der Waals surface area contributed by atoms with Crippen LogP contribution in [0, 0.1) is 5.41 Å². The van der Waals surface area contributed by atoms with Crippen LogP contribution in [0.4, 0.5) is 0 Å². The third-order valence-corrected chi connectivity index (χ3v) is 4.75. The van der Waals surface area contributed by atoms with Gasteiger partial charge in [0.25, 0.3) is 0 Å². The van der Waals surface area contributed by atoms with Crippen LogP contribution in [-0.2, 0) is 16.0 Å². The van der Waals surface area contributed by atoms with E-state index in [1.807, 2.05) is 30.3 Å². The third-order valence-electron chi connectivity index (χ3n) is 4.75. The molecule has 0 spiro atoms. The Morgan fingerprint density at radius 3 is 2.69 bits per heavy atom. The number of amides is 1. The van der Waals surface area contributed by atoms with Gasteiger partial charge in [-0.1, -0.05) is 42.5 Å². The number of nitrogens with one attached hydrogen (secondary N) is 3. The van der Waals surface area contributed by atoms with Crippen LogP contribution in [0.1, 0.15) is 17.5 Å². The SMILES string of the molecule is N=C(N)c1cccc(O[C@H]2CN[C@H](C(=O)N[C@@H](Cc3ccccc3)C(=O)O)C2)c1. The zero-order valence-electron chi connectivity index (χ0n) is 15.8. The largest absolute Gasteiger partial charge is 0.489 e. The number of nitrogen functional groups attached to an aromatic ring is 1. The van der Waals surface area contributed by atoms with Crippen LogP contribution < -0.4 is 21.1 Å². The molecule has 1 aliphatic heterocycles. The van der Waals surface area contributed by atoms with Gasteiger partial charge in [-0.3, -0.25) is 10.2 Å². The molecule has 3 rings (SSSR count). The predicted octanol–water partition coefficient (Wildman–Crippen LogP) is 0.892. The Balaban J connectivity index is 1.56. The van der Waals surface area contributed by atoms with E-state index in [4.69, 9.17) is 15.9 Å². The van der Waals surface area contributed by atoms with E-state index in [0.29, 0.717) is 24.3 Å². The molecule has 0 aliphatic carbocycles. The van der Waals surface area contributed by atoms with Gasteiger partial charge >= 0.3 is 5.97 Å². The number of carbonyl (C=O) groups excluding carboxylic acids is 1. The Bertz CT molecular complexity index is 887. The second-order valence-electron chi connectivity index (χ2n) is 6.97. The number of carboxylic acids is 1. The molecule has 1 fully saturated rings. The number of rotatable bonds is 8. The highest BCUT2D eigenvalue weighted by Crippen LogP contribution is 2.19. The van der Waals surface area contributed by atoms with Crippen molar-refractivity contribution in [1.82, 2.24) is 10.6 Å². The molecule has 1 aliphatic rings. The van der Waals surface area contributed by atoms with Crippen molar-refractivity contribution in [2.45, 2.75) is 31.0 Å². The molecule has 6 N–H and O–H groups in total. The van der Waals surface area contributed by atoms with Crippen LogP contribution >= 0.6 is 0 Å². The molecular weight excluding hydrogens is 372 g/mol. The first kappa shape index (κ1) is 20.3. The first-order chi connectivity index (χ1) is 13.9. The summed E-state index contributed by atoms with van der Waals surface area (Å²) >= 11 is 0. The van der Waals surface area contributed by atoms with Gasteiger partial charge in [0.05, 0.1) is 6.04 Å². The lowest BCUT2D eigenvalue weighted by atomic mass is 10.1. The number of ether oxygens (including phenoxy) is 1. The number of aliphatic carboxylic acids is 1. The summed E-state index contributed by atoms with van der Waals surface area (Å²) < 4.78 is 5.88. The van der Waals surface area contributed by atoms with Crippen molar-refractivity contribution in [2.24, 2.45) is 5.73 Å². The second-order valence-corrected chi connectivity index (χ2v) is 6.97. The maximum absolute atomic E-state index is 12.6. The lowest BCUT2D eigenvalue weighted by Crippen LogP contribution is -2.49. The number of amidine groups is 1. The molecular formula is C21H24N4O4. The van der Waals surface area contributed by atoms with Crippen molar-refractivity contribution in [3.63, 3.8) is 0 Å². The average Bonchev–Trinajstić information content (AvgIpc) is 3.17. The van der Waals surface area contributed by atoms with Crippen molar-refractivity contribution >= 4 is 17.7 Å². The topological polar surface area (TPSA) is 138 Å². The summed E-state index contributed by atoms with van der Waals surface area (Å²) in [5.41, 5.74) is 6.89. The highest BCUT2D eigenvalue weighted by atomic mass is 16.5. The third kappa shape index (κ3) is 5.55. The van der Waals surface area contributed by atoms with Crippen LogP contribution in [-0.4, -0.2) is 47.6 Å². The van der Waals surface area contributed by atoms with E-state index in [1.165, 1.54) is 0 Å². The highest BCUT2D eigenvalue weighted by molar-refractivity contribution is 5.95. The van der Waals surface area contributed by atoms with E-state index in [9.17, 15) is 14.7 Å². The van der Waals surface area contributed by atoms with E-state index >= 15 is 0 Å². The Morgan fingerprint density at radius 2 is 2.00 bits per heavy atom. The molecule has 3 atom stereocenters. The van der Waals surface area contributed by atoms with Crippen molar-refractivity contribution in [3.05, 3.63) is 65.7 Å². The minimum absolute atomic E-state index is 0.0459. The fourth-order valence-electron chi connectivity index (χ4n) is 3.24. The Kier molecular flexibility index (Phi) is 6.46. The van der Waals surface area contributed by atoms with Gasteiger partial charge < -0.3 is 26.2 Å². The van der Waals surface area contributed by atoms with E-state index in [2.05, 4.69) is 10.6 Å². The molecule has 152 valence electrons. The Morgan fingerprint density at radius 1 is 1.24 bits per heavy atom. The summed E-state index contributed by atoms with van der Waals surface area (Å²) in [6.45, 7) is 0.457. The van der Waals surface area contributed by atoms with E-state index in [0.717, 1.165) is 5.56 Å². The van der Waals surface area contributed by atoms with Crippen LogP contribution in [0.2, 0.25) is 0 Å². The standard InChI is InChI=1S/C21H24N4O4/c22-19(23)14-7-4-8-15(10-14)29-16-11-17(24-12-16)20(26)25-18(21(27)28)9-13-5-2-1-3-6-13/h1-8,10,16-18,24H,9,11-12H2,(H3,22,23)(H,25,26)(H,27,28)/t16-,17+,18+/m1/s1. The van der Waals surface area contributed by atoms with Crippen molar-refractivity contribution in [2.75, 3.05) is 6.54 Å². The molecule has 8 nitrogen and oxygen atoms in total. The number of benzene rings is 2. The summed E-state index contributed by atoms with van der Waals surface area (Å²) in [6, 6.07) is 14.5. The molecule has 1 heterocycles. The fourth-order valence-corrected chi connectivity index (χ4v) is 3.24. The van der Waals surface area contributed by atoms with E-state index < -0.39 is 18.1 Å².